The number of morpholine rings is 1. The third kappa shape index (κ3) is 6.24. The Morgan fingerprint density at radius 3 is 2.47 bits per heavy atom. The Hall–Kier alpha value is -2.57. The van der Waals surface area contributed by atoms with E-state index in [1.54, 1.807) is 0 Å². The zero-order valence-corrected chi connectivity index (χ0v) is 19.6. The molecule has 0 amide bonds. The first-order valence-corrected chi connectivity index (χ1v) is 11.7. The van der Waals surface area contributed by atoms with E-state index in [1.807, 2.05) is 7.05 Å². The van der Waals surface area contributed by atoms with E-state index in [2.05, 4.69) is 76.8 Å². The molecule has 2 heterocycles. The van der Waals surface area contributed by atoms with Crippen molar-refractivity contribution in [1.82, 2.24) is 15.5 Å². The van der Waals surface area contributed by atoms with Crippen LogP contribution >= 0.6 is 0 Å². The van der Waals surface area contributed by atoms with Gasteiger partial charge in [0.05, 0.1) is 18.8 Å². The summed E-state index contributed by atoms with van der Waals surface area (Å²) in [5, 5.41) is 6.84. The first kappa shape index (κ1) is 22.6. The van der Waals surface area contributed by atoms with Crippen LogP contribution in [0.25, 0.3) is 0 Å². The molecule has 0 saturated carbocycles. The first-order chi connectivity index (χ1) is 15.6. The molecule has 0 bridgehead atoms. The minimum atomic E-state index is 0.304. The molecule has 2 unspecified atom stereocenters. The highest BCUT2D eigenvalue weighted by molar-refractivity contribution is 5.79. The van der Waals surface area contributed by atoms with Crippen molar-refractivity contribution in [3.8, 4) is 5.75 Å². The molecule has 2 aliphatic rings. The molecule has 2 aliphatic heterocycles. The van der Waals surface area contributed by atoms with E-state index in [-0.39, 0.29) is 0 Å². The lowest BCUT2D eigenvalue weighted by Gasteiger charge is -2.35. The van der Waals surface area contributed by atoms with Crippen LogP contribution in [0, 0.1) is 0 Å². The van der Waals surface area contributed by atoms with Crippen molar-refractivity contribution in [2.75, 3.05) is 33.3 Å². The number of nitrogens with zero attached hydrogens (tertiary/aromatic N) is 2. The van der Waals surface area contributed by atoms with Gasteiger partial charge < -0.3 is 20.1 Å². The summed E-state index contributed by atoms with van der Waals surface area (Å²) in [6.45, 7) is 9.67. The Kier molecular flexibility index (Phi) is 7.66. The Balaban J connectivity index is 1.20. The summed E-state index contributed by atoms with van der Waals surface area (Å²) in [5.74, 6) is 1.87. The quantitative estimate of drug-likeness (QED) is 0.516. The minimum absolute atomic E-state index is 0.304. The van der Waals surface area contributed by atoms with E-state index in [1.165, 1.54) is 22.3 Å². The van der Waals surface area contributed by atoms with Crippen LogP contribution in [0.2, 0.25) is 0 Å². The first-order valence-electron chi connectivity index (χ1n) is 11.7. The topological polar surface area (TPSA) is 58.1 Å². The van der Waals surface area contributed by atoms with Gasteiger partial charge in [-0.3, -0.25) is 9.89 Å². The van der Waals surface area contributed by atoms with Gasteiger partial charge in [0, 0.05) is 46.2 Å². The highest BCUT2D eigenvalue weighted by Crippen LogP contribution is 2.25. The predicted molar refractivity (Wildman–Crippen MR) is 129 cm³/mol. The summed E-state index contributed by atoms with van der Waals surface area (Å²) in [6, 6.07) is 15.4. The molecule has 1 saturated heterocycles. The molecule has 4 rings (SSSR count). The molecule has 2 aromatic carbocycles. The third-order valence-corrected chi connectivity index (χ3v) is 6.07. The Morgan fingerprint density at radius 1 is 1.00 bits per heavy atom. The van der Waals surface area contributed by atoms with Gasteiger partial charge in [-0.15, -0.1) is 0 Å². The van der Waals surface area contributed by atoms with Gasteiger partial charge >= 0.3 is 0 Å². The van der Waals surface area contributed by atoms with E-state index >= 15 is 0 Å². The number of hydrogen-bond donors (Lipinski definition) is 2. The molecule has 0 radical (unpaired) electrons. The maximum atomic E-state index is 5.84. The fraction of sp³-hybridized carbons (Fsp3) is 0.500. The monoisotopic (exact) mass is 436 g/mol. The van der Waals surface area contributed by atoms with Crippen molar-refractivity contribution in [3.63, 3.8) is 0 Å². The number of rotatable bonds is 7. The van der Waals surface area contributed by atoms with Crippen LogP contribution in [-0.4, -0.2) is 56.4 Å². The number of ether oxygens (including phenoxy) is 2. The summed E-state index contributed by atoms with van der Waals surface area (Å²) < 4.78 is 11.4. The molecule has 2 aromatic rings. The molecule has 2 atom stereocenters. The standard InChI is InChI=1S/C26H36N4O2/c1-19-16-30(17-20(2)32-19)18-23-6-4-22(5-7-23)15-29-26(27-3)28-12-10-21-8-9-25-24(14-21)11-13-31-25/h4-9,14,19-20H,10-13,15-18H2,1-3H3,(H2,27,28,29). The summed E-state index contributed by atoms with van der Waals surface area (Å²) in [7, 11) is 1.81. The van der Waals surface area contributed by atoms with Gasteiger partial charge in [-0.2, -0.15) is 0 Å². The minimum Gasteiger partial charge on any atom is -0.493 e. The molecule has 172 valence electrons. The third-order valence-electron chi connectivity index (χ3n) is 6.07. The Morgan fingerprint density at radius 2 is 1.72 bits per heavy atom. The van der Waals surface area contributed by atoms with Crippen LogP contribution in [-0.2, 0) is 30.7 Å². The van der Waals surface area contributed by atoms with Gasteiger partial charge in [-0.25, -0.2) is 0 Å². The largest absolute Gasteiger partial charge is 0.493 e. The van der Waals surface area contributed by atoms with Crippen LogP contribution in [0.5, 0.6) is 5.75 Å². The second kappa shape index (κ2) is 10.8. The van der Waals surface area contributed by atoms with Crippen molar-refractivity contribution < 1.29 is 9.47 Å². The highest BCUT2D eigenvalue weighted by atomic mass is 16.5. The van der Waals surface area contributed by atoms with Gasteiger partial charge in [0.2, 0.25) is 0 Å². The number of guanidine groups is 1. The average Bonchev–Trinajstić information content (AvgIpc) is 3.24. The van der Waals surface area contributed by atoms with Crippen LogP contribution in [0.1, 0.15) is 36.1 Å². The number of fused-ring (bicyclic) bond motifs is 1. The fourth-order valence-electron chi connectivity index (χ4n) is 4.56. The lowest BCUT2D eigenvalue weighted by atomic mass is 10.1. The summed E-state index contributed by atoms with van der Waals surface area (Å²) >= 11 is 0. The second-order valence-electron chi connectivity index (χ2n) is 8.91. The lowest BCUT2D eigenvalue weighted by Crippen LogP contribution is -2.44. The van der Waals surface area contributed by atoms with E-state index in [4.69, 9.17) is 9.47 Å². The zero-order chi connectivity index (χ0) is 22.3. The average molecular weight is 437 g/mol. The van der Waals surface area contributed by atoms with Gasteiger partial charge in [-0.05, 0) is 48.6 Å². The van der Waals surface area contributed by atoms with Crippen molar-refractivity contribution in [1.29, 1.82) is 0 Å². The number of nitrogens with one attached hydrogen (secondary N) is 2. The maximum absolute atomic E-state index is 5.84. The highest BCUT2D eigenvalue weighted by Gasteiger charge is 2.21. The SMILES string of the molecule is CN=C(NCCc1ccc2c(c1)CCO2)NCc1ccc(CN2CC(C)OC(C)C2)cc1. The van der Waals surface area contributed by atoms with E-state index in [9.17, 15) is 0 Å². The molecule has 6 nitrogen and oxygen atoms in total. The van der Waals surface area contributed by atoms with Crippen LogP contribution < -0.4 is 15.4 Å². The Bertz CT molecular complexity index is 903. The smallest absolute Gasteiger partial charge is 0.191 e. The number of aliphatic imine (C=N–C) groups is 1. The number of benzene rings is 2. The maximum Gasteiger partial charge on any atom is 0.191 e. The lowest BCUT2D eigenvalue weighted by molar-refractivity contribution is -0.0704. The molecular weight excluding hydrogens is 400 g/mol. The van der Waals surface area contributed by atoms with Crippen LogP contribution in [0.4, 0.5) is 0 Å². The summed E-state index contributed by atoms with van der Waals surface area (Å²) in [5.41, 5.74) is 5.25. The van der Waals surface area contributed by atoms with E-state index < -0.39 is 0 Å². The van der Waals surface area contributed by atoms with Gasteiger partial charge in [0.25, 0.3) is 0 Å². The molecule has 2 N–H and O–H groups in total. The van der Waals surface area contributed by atoms with Gasteiger partial charge in [-0.1, -0.05) is 36.4 Å². The van der Waals surface area contributed by atoms with E-state index in [0.29, 0.717) is 12.2 Å². The molecule has 32 heavy (non-hydrogen) atoms. The zero-order valence-electron chi connectivity index (χ0n) is 19.6. The van der Waals surface area contributed by atoms with Gasteiger partial charge in [0.15, 0.2) is 5.96 Å². The number of hydrogen-bond acceptors (Lipinski definition) is 4. The molecule has 0 aliphatic carbocycles. The van der Waals surface area contributed by atoms with Crippen molar-refractivity contribution in [2.24, 2.45) is 4.99 Å². The van der Waals surface area contributed by atoms with Crippen LogP contribution in [0.15, 0.2) is 47.5 Å². The molecular formula is C26H36N4O2. The molecule has 6 heteroatoms. The van der Waals surface area contributed by atoms with Crippen molar-refractivity contribution >= 4 is 5.96 Å². The van der Waals surface area contributed by atoms with Gasteiger partial charge in [0.1, 0.15) is 5.75 Å². The Labute approximate surface area is 192 Å². The summed E-state index contributed by atoms with van der Waals surface area (Å²) in [6.07, 6.45) is 2.58. The normalized spacial score (nSPS) is 21.2. The molecule has 0 aromatic heterocycles. The summed E-state index contributed by atoms with van der Waals surface area (Å²) in [4.78, 5) is 6.84. The van der Waals surface area contributed by atoms with E-state index in [0.717, 1.165) is 63.9 Å². The second-order valence-corrected chi connectivity index (χ2v) is 8.91. The van der Waals surface area contributed by atoms with Crippen molar-refractivity contribution in [2.45, 2.75) is 52.0 Å². The fourth-order valence-corrected chi connectivity index (χ4v) is 4.56. The molecule has 1 fully saturated rings. The van der Waals surface area contributed by atoms with Crippen LogP contribution in [0.3, 0.4) is 0 Å². The van der Waals surface area contributed by atoms with Crippen molar-refractivity contribution in [3.05, 3.63) is 64.7 Å². The molecule has 0 spiro atoms. The predicted octanol–water partition coefficient (Wildman–Crippen LogP) is 3.14.